The van der Waals surface area contributed by atoms with Gasteiger partial charge in [-0.05, 0) is 127 Å². The van der Waals surface area contributed by atoms with Gasteiger partial charge in [-0.15, -0.1) is 22.7 Å². The summed E-state index contributed by atoms with van der Waals surface area (Å²) in [6.07, 6.45) is 0. The van der Waals surface area contributed by atoms with Crippen LogP contribution in [0.2, 0.25) is 0 Å². The molecule has 0 aliphatic rings. The van der Waals surface area contributed by atoms with Crippen LogP contribution < -0.4 is 0 Å². The fourth-order valence-corrected chi connectivity index (χ4v) is 25.0. The minimum atomic E-state index is 0.620. The molecule has 141 heavy (non-hydrogen) atoms. The average Bonchev–Trinajstić information content (AvgIpc) is 1.53. The maximum atomic E-state index is 6.79. The molecule has 0 aliphatic heterocycles. The number of aromatic nitrogens is 11. The summed E-state index contributed by atoms with van der Waals surface area (Å²) < 4.78 is 30.1. The van der Waals surface area contributed by atoms with E-state index < -0.39 is 0 Å². The molecule has 12 aromatic heterocycles. The van der Waals surface area contributed by atoms with E-state index in [4.69, 9.17) is 38.7 Å². The van der Waals surface area contributed by atoms with Crippen LogP contribution in [0.1, 0.15) is 0 Å². The van der Waals surface area contributed by atoms with Crippen molar-refractivity contribution in [1.82, 2.24) is 52.7 Å². The number of furan rings is 2. The van der Waals surface area contributed by atoms with Crippen molar-refractivity contribution in [3.8, 4) is 63.0 Å². The monoisotopic (exact) mass is 1840 g/mol. The van der Waals surface area contributed by atoms with E-state index in [9.17, 15) is 0 Å². The fraction of sp³-hybridized carbons (Fsp3) is 0. The van der Waals surface area contributed by atoms with Crippen LogP contribution in [0.25, 0.3) is 289 Å². The highest BCUT2D eigenvalue weighted by atomic mass is 32.1. The summed E-state index contributed by atoms with van der Waals surface area (Å²) in [4.78, 5) is 31.7. The van der Waals surface area contributed by atoms with Gasteiger partial charge in [0.2, 0.25) is 17.8 Å². The molecule has 32 rings (SSSR count). The first-order valence-electron chi connectivity index (χ1n) is 47.4. The van der Waals surface area contributed by atoms with Gasteiger partial charge >= 0.3 is 0 Å². The Labute approximate surface area is 810 Å². The van der Waals surface area contributed by atoms with Gasteiger partial charge in [-0.2, -0.15) is 0 Å². The lowest BCUT2D eigenvalue weighted by atomic mass is 10.1. The number of hydrogen-bond donors (Lipinski definition) is 0. The summed E-state index contributed by atoms with van der Waals surface area (Å²) in [5.74, 6) is 1.93. The number of hydrogen-bond acceptors (Lipinski definition) is 10. The summed E-state index contributed by atoms with van der Waals surface area (Å²) in [6.45, 7) is 0. The molecule has 0 radical (unpaired) electrons. The van der Waals surface area contributed by atoms with Gasteiger partial charge in [-0.3, -0.25) is 13.7 Å². The number of para-hydroxylation sites is 9. The van der Waals surface area contributed by atoms with Crippen LogP contribution >= 0.6 is 22.7 Å². The normalized spacial score (nSPS) is 12.1. The van der Waals surface area contributed by atoms with E-state index in [0.717, 1.165) is 182 Å². The Balaban J connectivity index is 0.0000000994. The van der Waals surface area contributed by atoms with Crippen LogP contribution in [0.4, 0.5) is 0 Å². The van der Waals surface area contributed by atoms with Crippen molar-refractivity contribution in [3.63, 3.8) is 0 Å². The third-order valence-electron chi connectivity index (χ3n) is 28.5. The average molecular weight is 1840 g/mol. The van der Waals surface area contributed by atoms with E-state index in [1.54, 1.807) is 0 Å². The molecule has 0 saturated carbocycles. The number of nitrogens with zero attached hydrogens (tertiary/aromatic N) is 11. The standard InChI is InChI=1S/C44H26N4O.C44H26N4S.C38H21N3OS/c2*1-3-13-27(14-4-1)41-33-19-7-10-20-34(33)45-44(46-41)48-36-25-23-31-29-17-8-11-21-35(29)47(28-15-5-2-6-16-28)42(31)39(36)40-37(48)26-24-32-30-18-9-12-22-38(30)49-43(32)40;1-2-10-22(11-3-1)35-27-14-4-7-15-28(27)39-38(40-35)41-29-20-18-25-23-12-5-8-16-31(23)42-36(25)33(29)34-30(41)21-19-26-24-13-6-9-17-32(24)43-37(26)34/h2*1-26H;1-21H. The maximum absolute atomic E-state index is 6.79. The van der Waals surface area contributed by atoms with E-state index >= 15 is 0 Å². The molecular weight excluding hydrogens is 1760 g/mol. The first-order chi connectivity index (χ1) is 70.0. The van der Waals surface area contributed by atoms with Gasteiger partial charge in [-0.25, -0.2) is 29.9 Å². The van der Waals surface area contributed by atoms with Gasteiger partial charge < -0.3 is 18.0 Å². The van der Waals surface area contributed by atoms with Crippen LogP contribution in [0.3, 0.4) is 0 Å². The first-order valence-corrected chi connectivity index (χ1v) is 49.0. The van der Waals surface area contributed by atoms with Gasteiger partial charge in [0.25, 0.3) is 0 Å². The smallest absolute Gasteiger partial charge is 0.235 e. The van der Waals surface area contributed by atoms with E-state index in [1.807, 2.05) is 71.2 Å². The molecular formula is C126H73N11O2S2. The molecule has 12 heterocycles. The van der Waals surface area contributed by atoms with Crippen LogP contribution in [-0.2, 0) is 0 Å². The van der Waals surface area contributed by atoms with Gasteiger partial charge in [-0.1, -0.05) is 315 Å². The number of thiophene rings is 2. The third-order valence-corrected chi connectivity index (χ3v) is 30.9. The van der Waals surface area contributed by atoms with E-state index in [-0.39, 0.29) is 0 Å². The fourth-order valence-electron chi connectivity index (χ4n) is 22.5. The molecule has 0 amide bonds. The van der Waals surface area contributed by atoms with Crippen LogP contribution in [0.5, 0.6) is 0 Å². The first kappa shape index (κ1) is 78.8. The van der Waals surface area contributed by atoms with Gasteiger partial charge in [0.05, 0.1) is 99.6 Å². The second kappa shape index (κ2) is 31.0. The Bertz CT molecular complexity index is 10300. The van der Waals surface area contributed by atoms with Crippen molar-refractivity contribution in [1.29, 1.82) is 0 Å². The zero-order valence-corrected chi connectivity index (χ0v) is 76.8. The van der Waals surface area contributed by atoms with Crippen molar-refractivity contribution in [2.24, 2.45) is 0 Å². The van der Waals surface area contributed by atoms with E-state index in [1.165, 1.54) is 89.1 Å². The lowest BCUT2D eigenvalue weighted by Crippen LogP contribution is -2.03. The molecule has 20 aromatic carbocycles. The summed E-state index contributed by atoms with van der Waals surface area (Å²) in [6, 6.07) is 156. The highest BCUT2D eigenvalue weighted by Gasteiger charge is 2.31. The molecule has 0 atom stereocenters. The van der Waals surface area contributed by atoms with Crippen molar-refractivity contribution >= 4 is 249 Å². The molecule has 0 saturated heterocycles. The van der Waals surface area contributed by atoms with Gasteiger partial charge in [0.1, 0.15) is 22.3 Å². The molecule has 13 nitrogen and oxygen atoms in total. The van der Waals surface area contributed by atoms with Crippen LogP contribution in [0.15, 0.2) is 452 Å². The largest absolute Gasteiger partial charge is 0.455 e. The zero-order chi connectivity index (χ0) is 92.2. The van der Waals surface area contributed by atoms with Crippen LogP contribution in [-0.4, -0.2) is 52.7 Å². The quantitative estimate of drug-likeness (QED) is 0.147. The second-order valence-electron chi connectivity index (χ2n) is 36.1. The predicted molar refractivity (Wildman–Crippen MR) is 587 cm³/mol. The highest BCUT2D eigenvalue weighted by molar-refractivity contribution is 7.27. The molecule has 32 aromatic rings. The number of benzene rings is 20. The SMILES string of the molecule is c1ccc(-c2nc(-n3c4ccc5c6ccccc6oc5c4c4c3ccc3c5ccccc5n(-c5ccccc5)c34)nc3ccccc23)cc1.c1ccc(-c2nc(-n3c4ccc5c6ccccc6oc5c4c4c5sc6ccccc6c5ccc43)nc3ccccc23)cc1.c1ccc(-c2nc(-n3c4ccc5c6ccccc6sc5c4c4c3ccc3c5ccccc5n(-c5ccccc5)c34)nc3ccccc23)cc1. The second-order valence-corrected chi connectivity index (χ2v) is 38.2. The topological polar surface area (TPSA) is 128 Å². The molecule has 656 valence electrons. The minimum Gasteiger partial charge on any atom is -0.455 e. The molecule has 0 aliphatic carbocycles. The molecule has 0 bridgehead atoms. The Morgan fingerprint density at radius 2 is 0.454 bits per heavy atom. The van der Waals surface area contributed by atoms with Crippen molar-refractivity contribution in [3.05, 3.63) is 443 Å². The summed E-state index contributed by atoms with van der Waals surface area (Å²) in [5.41, 5.74) is 25.4. The number of rotatable bonds is 8. The lowest BCUT2D eigenvalue weighted by Gasteiger charge is -2.12. The Hall–Kier alpha value is -18.5. The van der Waals surface area contributed by atoms with Crippen molar-refractivity contribution in [2.75, 3.05) is 0 Å². The van der Waals surface area contributed by atoms with E-state index in [0.29, 0.717) is 17.8 Å². The Kier molecular flexibility index (Phi) is 17.3. The van der Waals surface area contributed by atoms with Gasteiger partial charge in [0, 0.05) is 149 Å². The minimum absolute atomic E-state index is 0.620. The Morgan fingerprint density at radius 1 is 0.177 bits per heavy atom. The summed E-state index contributed by atoms with van der Waals surface area (Å²) >= 11 is 3.71. The predicted octanol–water partition coefficient (Wildman–Crippen LogP) is 33.9. The molecule has 0 unspecified atom stereocenters. The summed E-state index contributed by atoms with van der Waals surface area (Å²) in [5, 5.41) is 24.3. The molecule has 0 fully saturated rings. The molecule has 15 heteroatoms. The molecule has 0 N–H and O–H groups in total. The number of fused-ring (bicyclic) bond motifs is 36. The molecule has 0 spiro atoms. The van der Waals surface area contributed by atoms with E-state index in [2.05, 4.69) is 417 Å². The van der Waals surface area contributed by atoms with Crippen molar-refractivity contribution in [2.45, 2.75) is 0 Å². The Morgan fingerprint density at radius 3 is 0.844 bits per heavy atom. The summed E-state index contributed by atoms with van der Waals surface area (Å²) in [7, 11) is 0. The third kappa shape index (κ3) is 11.8. The van der Waals surface area contributed by atoms with Crippen LogP contribution in [0, 0.1) is 0 Å². The zero-order valence-electron chi connectivity index (χ0n) is 75.2. The van der Waals surface area contributed by atoms with Crippen molar-refractivity contribution < 1.29 is 8.83 Å². The van der Waals surface area contributed by atoms with Gasteiger partial charge in [0.15, 0.2) is 0 Å². The maximum Gasteiger partial charge on any atom is 0.235 e. The lowest BCUT2D eigenvalue weighted by molar-refractivity contribution is 0.672. The highest BCUT2D eigenvalue weighted by Crippen LogP contribution is 2.53.